The van der Waals surface area contributed by atoms with Crippen LogP contribution in [0.3, 0.4) is 0 Å². The molecule has 3 aromatic rings. The molecule has 10 heteroatoms. The Labute approximate surface area is 296 Å². The van der Waals surface area contributed by atoms with Crippen LogP contribution in [0.2, 0.25) is 0 Å². The maximum absolute atomic E-state index is 13.9. The number of carbonyl (C=O) groups is 3. The van der Waals surface area contributed by atoms with Gasteiger partial charge in [0.15, 0.2) is 5.79 Å². The van der Waals surface area contributed by atoms with Crippen molar-refractivity contribution >= 4 is 23.9 Å². The summed E-state index contributed by atoms with van der Waals surface area (Å²) in [6, 6.07) is 22.5. The summed E-state index contributed by atoms with van der Waals surface area (Å²) in [4.78, 5) is 40.0. The number of rotatable bonds is 10. The summed E-state index contributed by atoms with van der Waals surface area (Å²) in [5.74, 6) is -1.60. The lowest BCUT2D eigenvalue weighted by Gasteiger charge is -2.30. The maximum atomic E-state index is 13.9. The average Bonchev–Trinajstić information content (AvgIpc) is 3.71. The molecule has 0 aromatic heterocycles. The third-order valence-electron chi connectivity index (χ3n) is 10.6. The zero-order chi connectivity index (χ0) is 35.0. The molecule has 3 aromatic carbocycles. The van der Waals surface area contributed by atoms with Crippen molar-refractivity contribution in [3.63, 3.8) is 0 Å². The van der Waals surface area contributed by atoms with Gasteiger partial charge in [-0.2, -0.15) is 0 Å². The lowest BCUT2D eigenvalue weighted by Crippen LogP contribution is -2.43. The van der Waals surface area contributed by atoms with Crippen LogP contribution in [0.4, 0.5) is 0 Å². The predicted octanol–water partition coefficient (Wildman–Crippen LogP) is 4.44. The highest BCUT2D eigenvalue weighted by molar-refractivity contribution is 5.96. The van der Waals surface area contributed by atoms with Crippen molar-refractivity contribution in [2.45, 2.75) is 81.4 Å². The Morgan fingerprint density at radius 3 is 2.51 bits per heavy atom. The molecule has 3 fully saturated rings. The number of ether oxygens (including phenoxy) is 4. The van der Waals surface area contributed by atoms with Crippen molar-refractivity contribution in [2.24, 2.45) is 5.92 Å². The molecule has 3 N–H and O–H groups in total. The molecule has 1 spiro atoms. The van der Waals surface area contributed by atoms with E-state index < -0.39 is 30.1 Å². The fourth-order valence-electron chi connectivity index (χ4n) is 7.93. The molecule has 1 saturated carbocycles. The first-order valence-electron chi connectivity index (χ1n) is 17.9. The number of benzene rings is 3. The van der Waals surface area contributed by atoms with Crippen LogP contribution in [0.1, 0.15) is 68.7 Å². The van der Waals surface area contributed by atoms with Crippen LogP contribution in [0.5, 0.6) is 0 Å². The zero-order valence-electron chi connectivity index (χ0n) is 28.3. The van der Waals surface area contributed by atoms with Gasteiger partial charge < -0.3 is 34.7 Å². The number of hydrogen-bond acceptors (Lipinski definition) is 8. The Morgan fingerprint density at radius 1 is 0.902 bits per heavy atom. The van der Waals surface area contributed by atoms with Gasteiger partial charge in [-0.25, -0.2) is 4.79 Å². The monoisotopic (exact) mass is 690 g/mol. The lowest BCUT2D eigenvalue weighted by atomic mass is 9.88. The maximum Gasteiger partial charge on any atom is 0.339 e. The highest BCUT2D eigenvalue weighted by atomic mass is 16.8. The average molecular weight is 691 g/mol. The molecule has 264 valence electrons. The minimum absolute atomic E-state index is 0.150. The van der Waals surface area contributed by atoms with Crippen molar-refractivity contribution in [1.82, 2.24) is 10.6 Å². The Balaban J connectivity index is 0.997. The standard InChI is InChI=1S/C41H42N2O8/c44-17-16-42-38(45)28-10-5-6-26(18-28)24-43-39(46)31-20-35(37-36(21-31)50-41(51-37)22-29-8-1-2-9-30(29)23-41)49-40(47)32-11-4-3-7-27(32)14-12-25-13-15-33-34(19-25)48-33/h1-12,14,18,21,25,33-37,44H,13,15-17,19-20,22-24H2,(H,42,45)(H,43,46)/t25?,33?,34?,35-,36-,37+/m1/s1. The summed E-state index contributed by atoms with van der Waals surface area (Å²) >= 11 is 0. The second-order valence-electron chi connectivity index (χ2n) is 14.1. The molecule has 2 amide bonds. The van der Waals surface area contributed by atoms with E-state index in [4.69, 9.17) is 24.1 Å². The molecular formula is C41H42N2O8. The number of fused-ring (bicyclic) bond motifs is 3. The summed E-state index contributed by atoms with van der Waals surface area (Å²) in [5, 5.41) is 14.6. The SMILES string of the molecule is O=C(NCc1cccc(C(=O)NCCO)c1)C1=C[C@H]2OC3(Cc4ccccc4C3)O[C@H]2[C@H](OC(=O)c2ccccc2C=CC2CCC3OC3C2)C1. The van der Waals surface area contributed by atoms with Gasteiger partial charge in [0.25, 0.3) is 5.91 Å². The van der Waals surface area contributed by atoms with Gasteiger partial charge in [-0.3, -0.25) is 9.59 Å². The van der Waals surface area contributed by atoms with E-state index in [1.54, 1.807) is 30.3 Å². The van der Waals surface area contributed by atoms with Gasteiger partial charge in [-0.05, 0) is 71.7 Å². The van der Waals surface area contributed by atoms with Crippen LogP contribution in [-0.4, -0.2) is 72.3 Å². The van der Waals surface area contributed by atoms with Gasteiger partial charge in [0.05, 0.1) is 24.4 Å². The first kappa shape index (κ1) is 33.5. The van der Waals surface area contributed by atoms with Gasteiger partial charge in [0.2, 0.25) is 5.91 Å². The minimum Gasteiger partial charge on any atom is -0.456 e. The van der Waals surface area contributed by atoms with E-state index in [-0.39, 0.29) is 37.9 Å². The molecule has 2 heterocycles. The van der Waals surface area contributed by atoms with Crippen molar-refractivity contribution in [1.29, 1.82) is 0 Å². The largest absolute Gasteiger partial charge is 0.456 e. The fraction of sp³-hybridized carbons (Fsp3) is 0.390. The molecule has 2 saturated heterocycles. The van der Waals surface area contributed by atoms with E-state index in [1.165, 1.54) is 0 Å². The van der Waals surface area contributed by atoms with Crippen LogP contribution >= 0.6 is 0 Å². The molecule has 51 heavy (non-hydrogen) atoms. The molecule has 0 radical (unpaired) electrons. The number of epoxide rings is 1. The molecule has 2 aliphatic heterocycles. The first-order valence-corrected chi connectivity index (χ1v) is 17.9. The van der Waals surface area contributed by atoms with E-state index >= 15 is 0 Å². The lowest BCUT2D eigenvalue weighted by molar-refractivity contribution is -0.172. The quantitative estimate of drug-likeness (QED) is 0.210. The number of nitrogens with one attached hydrogen (secondary N) is 2. The zero-order valence-corrected chi connectivity index (χ0v) is 28.3. The third kappa shape index (κ3) is 7.27. The van der Waals surface area contributed by atoms with E-state index in [9.17, 15) is 14.4 Å². The summed E-state index contributed by atoms with van der Waals surface area (Å²) < 4.78 is 25.3. The highest BCUT2D eigenvalue weighted by Crippen LogP contribution is 2.45. The molecular weight excluding hydrogens is 648 g/mol. The summed E-state index contributed by atoms with van der Waals surface area (Å²) in [6.45, 7) is 0.180. The second kappa shape index (κ2) is 14.2. The molecule has 0 bridgehead atoms. The Bertz CT molecular complexity index is 1860. The number of hydrogen-bond donors (Lipinski definition) is 3. The molecule has 3 aliphatic carbocycles. The Kier molecular flexibility index (Phi) is 9.33. The van der Waals surface area contributed by atoms with Crippen LogP contribution in [0, 0.1) is 5.92 Å². The molecule has 6 atom stereocenters. The van der Waals surface area contributed by atoms with Crippen LogP contribution in [0.25, 0.3) is 6.08 Å². The summed E-state index contributed by atoms with van der Waals surface area (Å²) in [5.41, 5.74) is 5.15. The molecule has 5 aliphatic rings. The number of aliphatic hydroxyl groups excluding tert-OH is 1. The Morgan fingerprint density at radius 2 is 1.71 bits per heavy atom. The predicted molar refractivity (Wildman–Crippen MR) is 187 cm³/mol. The minimum atomic E-state index is -0.909. The van der Waals surface area contributed by atoms with Crippen molar-refractivity contribution < 1.29 is 38.4 Å². The van der Waals surface area contributed by atoms with Crippen LogP contribution in [-0.2, 0) is 43.1 Å². The normalized spacial score (nSPS) is 26.9. The number of amides is 2. The van der Waals surface area contributed by atoms with E-state index in [0.29, 0.717) is 47.7 Å². The van der Waals surface area contributed by atoms with E-state index in [2.05, 4.69) is 28.8 Å². The van der Waals surface area contributed by atoms with Gasteiger partial charge >= 0.3 is 5.97 Å². The number of carbonyl (C=O) groups excluding carboxylic acids is 3. The second-order valence-corrected chi connectivity index (χ2v) is 14.1. The van der Waals surface area contributed by atoms with Gasteiger partial charge in [0, 0.05) is 43.5 Å². The van der Waals surface area contributed by atoms with Crippen molar-refractivity contribution in [3.8, 4) is 0 Å². The van der Waals surface area contributed by atoms with Crippen molar-refractivity contribution in [3.05, 3.63) is 124 Å². The summed E-state index contributed by atoms with van der Waals surface area (Å²) in [6.07, 6.45) is 9.26. The molecule has 10 nitrogen and oxygen atoms in total. The smallest absolute Gasteiger partial charge is 0.339 e. The Hall–Kier alpha value is -4.61. The van der Waals surface area contributed by atoms with Crippen LogP contribution in [0.15, 0.2) is 90.5 Å². The van der Waals surface area contributed by atoms with E-state index in [0.717, 1.165) is 41.5 Å². The van der Waals surface area contributed by atoms with Gasteiger partial charge in [0.1, 0.15) is 18.3 Å². The van der Waals surface area contributed by atoms with Crippen LogP contribution < -0.4 is 10.6 Å². The molecule has 3 unspecified atom stereocenters. The first-order chi connectivity index (χ1) is 24.9. The summed E-state index contributed by atoms with van der Waals surface area (Å²) in [7, 11) is 0. The third-order valence-corrected chi connectivity index (χ3v) is 10.6. The van der Waals surface area contributed by atoms with E-state index in [1.807, 2.05) is 42.5 Å². The fourth-order valence-corrected chi connectivity index (χ4v) is 7.93. The topological polar surface area (TPSA) is 136 Å². The molecule has 8 rings (SSSR count). The van der Waals surface area contributed by atoms with Crippen molar-refractivity contribution in [2.75, 3.05) is 13.2 Å². The number of esters is 1. The highest BCUT2D eigenvalue weighted by Gasteiger charge is 2.55. The van der Waals surface area contributed by atoms with Gasteiger partial charge in [-0.15, -0.1) is 0 Å². The van der Waals surface area contributed by atoms with Gasteiger partial charge in [-0.1, -0.05) is 66.7 Å². The number of allylic oxidation sites excluding steroid dienone is 1. The number of aliphatic hydroxyl groups is 1.